The van der Waals surface area contributed by atoms with Gasteiger partial charge in [-0.1, -0.05) is 31.5 Å². The second kappa shape index (κ2) is 8.66. The molecule has 0 saturated carbocycles. The zero-order valence-electron chi connectivity index (χ0n) is 18.0. The fourth-order valence-corrected chi connectivity index (χ4v) is 3.48. The molecular formula is C24H23N5O3. The van der Waals surface area contributed by atoms with E-state index < -0.39 is 0 Å². The monoisotopic (exact) mass is 429 g/mol. The highest BCUT2D eigenvalue weighted by molar-refractivity contribution is 5.80. The summed E-state index contributed by atoms with van der Waals surface area (Å²) in [5.74, 6) is 3.40. The number of hydrogen-bond acceptors (Lipinski definition) is 7. The molecule has 5 aromatic rings. The molecule has 0 aliphatic rings. The first kappa shape index (κ1) is 20.0. The number of nitrogens with zero attached hydrogens (tertiary/aromatic N) is 5. The predicted octanol–water partition coefficient (Wildman–Crippen LogP) is 5.29. The molecule has 0 saturated heterocycles. The molecule has 5 rings (SSSR count). The van der Waals surface area contributed by atoms with Gasteiger partial charge in [-0.25, -0.2) is 4.98 Å². The third-order valence-electron chi connectivity index (χ3n) is 5.26. The lowest BCUT2D eigenvalue weighted by molar-refractivity contribution is 0.299. The van der Waals surface area contributed by atoms with Crippen LogP contribution in [-0.2, 0) is 13.0 Å². The van der Waals surface area contributed by atoms with E-state index in [0.29, 0.717) is 29.7 Å². The first-order chi connectivity index (χ1) is 15.7. The Hall–Kier alpha value is -3.94. The number of fused-ring (bicyclic) bond motifs is 1. The zero-order chi connectivity index (χ0) is 21.9. The number of ether oxygens (including phenoxy) is 1. The highest BCUT2D eigenvalue weighted by Gasteiger charge is 2.15. The number of aromatic nitrogens is 5. The van der Waals surface area contributed by atoms with E-state index in [1.807, 2.05) is 61.5 Å². The number of oxazole rings is 1. The predicted molar refractivity (Wildman–Crippen MR) is 119 cm³/mol. The average Bonchev–Trinajstić information content (AvgIpc) is 3.54. The minimum absolute atomic E-state index is 0.301. The Labute approximate surface area is 184 Å². The van der Waals surface area contributed by atoms with Crippen LogP contribution < -0.4 is 4.74 Å². The van der Waals surface area contributed by atoms with Gasteiger partial charge >= 0.3 is 0 Å². The molecule has 0 radical (unpaired) electrons. The van der Waals surface area contributed by atoms with E-state index in [4.69, 9.17) is 13.6 Å². The Bertz CT molecular complexity index is 1340. The van der Waals surface area contributed by atoms with Crippen LogP contribution in [-0.4, -0.2) is 25.2 Å². The van der Waals surface area contributed by atoms with Crippen LogP contribution in [0, 0.1) is 6.92 Å². The fourth-order valence-electron chi connectivity index (χ4n) is 3.48. The quantitative estimate of drug-likeness (QED) is 0.331. The summed E-state index contributed by atoms with van der Waals surface area (Å²) in [5, 5.41) is 12.9. The molecule has 0 bridgehead atoms. The van der Waals surface area contributed by atoms with Gasteiger partial charge in [0.1, 0.15) is 29.4 Å². The van der Waals surface area contributed by atoms with Crippen molar-refractivity contribution in [3.63, 3.8) is 0 Å². The summed E-state index contributed by atoms with van der Waals surface area (Å²) in [6, 6.07) is 17.5. The summed E-state index contributed by atoms with van der Waals surface area (Å²) in [4.78, 5) is 4.59. The highest BCUT2D eigenvalue weighted by atomic mass is 16.5. The molecule has 0 spiro atoms. The summed E-state index contributed by atoms with van der Waals surface area (Å²) in [7, 11) is 0. The number of unbranched alkanes of at least 4 members (excludes halogenated alkanes) is 1. The van der Waals surface area contributed by atoms with Crippen molar-refractivity contribution in [1.82, 2.24) is 25.2 Å². The summed E-state index contributed by atoms with van der Waals surface area (Å²) < 4.78 is 19.5. The first-order valence-corrected chi connectivity index (χ1v) is 10.7. The Kier molecular flexibility index (Phi) is 5.41. The first-order valence-electron chi connectivity index (χ1n) is 10.7. The van der Waals surface area contributed by atoms with Gasteiger partial charge in [0, 0.05) is 29.5 Å². The Morgan fingerprint density at radius 2 is 1.91 bits per heavy atom. The second-order valence-electron chi connectivity index (χ2n) is 7.57. The maximum Gasteiger partial charge on any atom is 0.226 e. The van der Waals surface area contributed by atoms with Gasteiger partial charge in [-0.3, -0.25) is 0 Å². The molecule has 0 aliphatic carbocycles. The van der Waals surface area contributed by atoms with Crippen LogP contribution in [0.2, 0.25) is 0 Å². The normalized spacial score (nSPS) is 11.3. The van der Waals surface area contributed by atoms with E-state index in [1.165, 1.54) is 0 Å². The molecule has 32 heavy (non-hydrogen) atoms. The molecular weight excluding hydrogens is 406 g/mol. The maximum atomic E-state index is 6.02. The average molecular weight is 429 g/mol. The zero-order valence-corrected chi connectivity index (χ0v) is 18.0. The molecule has 0 amide bonds. The van der Waals surface area contributed by atoms with Crippen LogP contribution in [0.5, 0.6) is 5.75 Å². The summed E-state index contributed by atoms with van der Waals surface area (Å²) >= 11 is 0. The van der Waals surface area contributed by atoms with Crippen molar-refractivity contribution < 1.29 is 13.6 Å². The fraction of sp³-hybridized carbons (Fsp3) is 0.250. The smallest absolute Gasteiger partial charge is 0.226 e. The van der Waals surface area contributed by atoms with Gasteiger partial charge in [0.15, 0.2) is 5.82 Å². The van der Waals surface area contributed by atoms with E-state index >= 15 is 0 Å². The lowest BCUT2D eigenvalue weighted by Crippen LogP contribution is -2.01. The third-order valence-corrected chi connectivity index (χ3v) is 5.26. The van der Waals surface area contributed by atoms with E-state index in [2.05, 4.69) is 27.4 Å². The molecule has 3 heterocycles. The van der Waals surface area contributed by atoms with Crippen LogP contribution >= 0.6 is 0 Å². The molecule has 2 aromatic carbocycles. The standard InChI is InChI=1S/C24H23N5O3/c1-3-4-10-22-26-27-28-29(22)23-13-18-11-12-19(14-21(18)32-23)30-15-20-16(2)31-24(25-20)17-8-6-5-7-9-17/h5-9,11-14H,3-4,10,15H2,1-2H3. The molecule has 0 atom stereocenters. The summed E-state index contributed by atoms with van der Waals surface area (Å²) in [6.45, 7) is 4.33. The minimum Gasteiger partial charge on any atom is -0.487 e. The van der Waals surface area contributed by atoms with Crippen molar-refractivity contribution in [2.75, 3.05) is 0 Å². The highest BCUT2D eigenvalue weighted by Crippen LogP contribution is 2.28. The van der Waals surface area contributed by atoms with Crippen molar-refractivity contribution >= 4 is 11.0 Å². The van der Waals surface area contributed by atoms with Gasteiger partial charge < -0.3 is 13.6 Å². The molecule has 162 valence electrons. The maximum absolute atomic E-state index is 6.02. The molecule has 0 aliphatic heterocycles. The summed E-state index contributed by atoms with van der Waals surface area (Å²) in [6.07, 6.45) is 2.90. The van der Waals surface area contributed by atoms with Crippen molar-refractivity contribution in [3.05, 3.63) is 71.9 Å². The Balaban J connectivity index is 1.33. The number of rotatable bonds is 8. The molecule has 8 nitrogen and oxygen atoms in total. The lowest BCUT2D eigenvalue weighted by Gasteiger charge is -2.04. The van der Waals surface area contributed by atoms with Crippen LogP contribution in [0.3, 0.4) is 0 Å². The van der Waals surface area contributed by atoms with Crippen molar-refractivity contribution in [3.8, 4) is 23.1 Å². The molecule has 8 heteroatoms. The number of furan rings is 1. The molecule has 0 N–H and O–H groups in total. The van der Waals surface area contributed by atoms with E-state index in [9.17, 15) is 0 Å². The van der Waals surface area contributed by atoms with Crippen LogP contribution in [0.25, 0.3) is 28.3 Å². The third kappa shape index (κ3) is 3.99. The second-order valence-corrected chi connectivity index (χ2v) is 7.57. The molecule has 3 aromatic heterocycles. The Morgan fingerprint density at radius 3 is 2.75 bits per heavy atom. The van der Waals surface area contributed by atoms with E-state index in [1.54, 1.807) is 4.68 Å². The van der Waals surface area contributed by atoms with Gasteiger partial charge in [-0.15, -0.1) is 5.10 Å². The van der Waals surface area contributed by atoms with Crippen molar-refractivity contribution in [2.45, 2.75) is 39.7 Å². The van der Waals surface area contributed by atoms with Crippen molar-refractivity contribution in [2.24, 2.45) is 0 Å². The van der Waals surface area contributed by atoms with Gasteiger partial charge in [0.25, 0.3) is 0 Å². The van der Waals surface area contributed by atoms with Crippen LogP contribution in [0.4, 0.5) is 0 Å². The number of tetrazole rings is 1. The molecule has 0 unspecified atom stereocenters. The summed E-state index contributed by atoms with van der Waals surface area (Å²) in [5.41, 5.74) is 2.40. The van der Waals surface area contributed by atoms with Gasteiger partial charge in [0.2, 0.25) is 11.8 Å². The van der Waals surface area contributed by atoms with Gasteiger partial charge in [0.05, 0.1) is 0 Å². The minimum atomic E-state index is 0.301. The van der Waals surface area contributed by atoms with Crippen LogP contribution in [0.15, 0.2) is 63.4 Å². The lowest BCUT2D eigenvalue weighted by atomic mass is 10.2. The van der Waals surface area contributed by atoms with Gasteiger partial charge in [-0.05, 0) is 48.0 Å². The SMILES string of the molecule is CCCCc1nnnn1-c1cc2ccc(OCc3nc(-c4ccccc4)oc3C)cc2o1. The molecule has 0 fully saturated rings. The number of hydrogen-bond donors (Lipinski definition) is 0. The topological polar surface area (TPSA) is 92.0 Å². The van der Waals surface area contributed by atoms with E-state index in [0.717, 1.165) is 47.5 Å². The number of benzene rings is 2. The largest absolute Gasteiger partial charge is 0.487 e. The van der Waals surface area contributed by atoms with E-state index in [-0.39, 0.29) is 0 Å². The Morgan fingerprint density at radius 1 is 1.03 bits per heavy atom. The number of aryl methyl sites for hydroxylation is 2. The van der Waals surface area contributed by atoms with Gasteiger partial charge in [-0.2, -0.15) is 4.68 Å². The van der Waals surface area contributed by atoms with Crippen LogP contribution in [0.1, 0.15) is 37.0 Å². The van der Waals surface area contributed by atoms with Crippen molar-refractivity contribution in [1.29, 1.82) is 0 Å².